The van der Waals surface area contributed by atoms with Gasteiger partial charge in [-0.3, -0.25) is 9.69 Å². The number of rotatable bonds is 4. The molecule has 1 aromatic carbocycles. The van der Waals surface area contributed by atoms with Crippen LogP contribution in [-0.2, 0) is 6.54 Å². The van der Waals surface area contributed by atoms with Crippen LogP contribution in [0.25, 0.3) is 0 Å². The van der Waals surface area contributed by atoms with Crippen molar-refractivity contribution in [2.45, 2.75) is 20.4 Å². The molecule has 2 heterocycles. The molecular weight excluding hydrogens is 304 g/mol. The molecule has 3 rings (SSSR count). The minimum Gasteiger partial charge on any atom is -0.496 e. The van der Waals surface area contributed by atoms with Gasteiger partial charge >= 0.3 is 0 Å². The lowest BCUT2D eigenvalue weighted by Crippen LogP contribution is -2.46. The monoisotopic (exact) mass is 328 g/mol. The molecule has 0 amide bonds. The zero-order valence-corrected chi connectivity index (χ0v) is 14.5. The SMILES string of the molecule is COc1ccc(CN2CCN(c3cc(=O)[nH]cn3)CC2)c(C)c1C. The second kappa shape index (κ2) is 7.05. The predicted molar refractivity (Wildman–Crippen MR) is 94.8 cm³/mol. The van der Waals surface area contributed by atoms with E-state index >= 15 is 0 Å². The zero-order valence-electron chi connectivity index (χ0n) is 14.5. The first kappa shape index (κ1) is 16.5. The molecule has 0 bridgehead atoms. The molecule has 1 N–H and O–H groups in total. The van der Waals surface area contributed by atoms with Gasteiger partial charge in [0.05, 0.1) is 13.4 Å². The van der Waals surface area contributed by atoms with Crippen molar-refractivity contribution in [1.29, 1.82) is 0 Å². The number of aromatic nitrogens is 2. The summed E-state index contributed by atoms with van der Waals surface area (Å²) >= 11 is 0. The number of nitrogens with zero attached hydrogens (tertiary/aromatic N) is 3. The van der Waals surface area contributed by atoms with Crippen molar-refractivity contribution in [2.24, 2.45) is 0 Å². The van der Waals surface area contributed by atoms with Crippen molar-refractivity contribution in [3.8, 4) is 5.75 Å². The maximum Gasteiger partial charge on any atom is 0.252 e. The summed E-state index contributed by atoms with van der Waals surface area (Å²) in [6, 6.07) is 5.77. The third-order valence-corrected chi connectivity index (χ3v) is 4.82. The highest BCUT2D eigenvalue weighted by molar-refractivity contribution is 5.43. The Balaban J connectivity index is 1.64. The van der Waals surface area contributed by atoms with E-state index in [-0.39, 0.29) is 5.56 Å². The number of hydrogen-bond donors (Lipinski definition) is 1. The number of piperazine rings is 1. The second-order valence-corrected chi connectivity index (χ2v) is 6.21. The molecule has 0 saturated carbocycles. The predicted octanol–water partition coefficient (Wildman–Crippen LogP) is 1.72. The maximum atomic E-state index is 11.4. The summed E-state index contributed by atoms with van der Waals surface area (Å²) < 4.78 is 5.39. The molecule has 0 radical (unpaired) electrons. The first-order valence-electron chi connectivity index (χ1n) is 8.23. The van der Waals surface area contributed by atoms with Gasteiger partial charge in [0.1, 0.15) is 11.6 Å². The number of nitrogens with one attached hydrogen (secondary N) is 1. The van der Waals surface area contributed by atoms with Crippen LogP contribution in [-0.4, -0.2) is 48.2 Å². The van der Waals surface area contributed by atoms with Crippen molar-refractivity contribution in [3.63, 3.8) is 0 Å². The molecule has 6 heteroatoms. The van der Waals surface area contributed by atoms with Gasteiger partial charge in [-0.05, 0) is 36.6 Å². The fourth-order valence-corrected chi connectivity index (χ4v) is 3.15. The molecule has 6 nitrogen and oxygen atoms in total. The number of methoxy groups -OCH3 is 1. The Hall–Kier alpha value is -2.34. The Bertz CT molecular complexity index is 764. The van der Waals surface area contributed by atoms with Gasteiger partial charge in [-0.2, -0.15) is 0 Å². The fraction of sp³-hybridized carbons (Fsp3) is 0.444. The maximum absolute atomic E-state index is 11.4. The molecule has 0 spiro atoms. The highest BCUT2D eigenvalue weighted by Crippen LogP contribution is 2.25. The largest absolute Gasteiger partial charge is 0.496 e. The van der Waals surface area contributed by atoms with Gasteiger partial charge in [0, 0.05) is 38.8 Å². The third-order valence-electron chi connectivity index (χ3n) is 4.82. The van der Waals surface area contributed by atoms with Gasteiger partial charge in [0.25, 0.3) is 5.56 Å². The summed E-state index contributed by atoms with van der Waals surface area (Å²) in [5, 5.41) is 0. The van der Waals surface area contributed by atoms with Gasteiger partial charge in [0.2, 0.25) is 0 Å². The molecule has 1 aliphatic rings. The number of anilines is 1. The van der Waals surface area contributed by atoms with E-state index in [0.717, 1.165) is 44.3 Å². The summed E-state index contributed by atoms with van der Waals surface area (Å²) in [5.74, 6) is 1.70. The van der Waals surface area contributed by atoms with Crippen LogP contribution >= 0.6 is 0 Å². The summed E-state index contributed by atoms with van der Waals surface area (Å²) in [5.41, 5.74) is 3.75. The Labute approximate surface area is 142 Å². The number of benzene rings is 1. The zero-order chi connectivity index (χ0) is 17.1. The van der Waals surface area contributed by atoms with E-state index in [1.165, 1.54) is 23.0 Å². The molecule has 0 unspecified atom stereocenters. The summed E-state index contributed by atoms with van der Waals surface area (Å²) in [7, 11) is 1.71. The smallest absolute Gasteiger partial charge is 0.252 e. The third kappa shape index (κ3) is 3.43. The van der Waals surface area contributed by atoms with Crippen LogP contribution in [0.4, 0.5) is 5.82 Å². The van der Waals surface area contributed by atoms with Crippen molar-refractivity contribution in [2.75, 3.05) is 38.2 Å². The molecule has 1 aliphatic heterocycles. The van der Waals surface area contributed by atoms with Crippen LogP contribution in [0, 0.1) is 13.8 Å². The van der Waals surface area contributed by atoms with Gasteiger partial charge in [0.15, 0.2) is 0 Å². The van der Waals surface area contributed by atoms with Crippen LogP contribution in [0.5, 0.6) is 5.75 Å². The molecule has 0 aliphatic carbocycles. The second-order valence-electron chi connectivity index (χ2n) is 6.21. The molecule has 128 valence electrons. The van der Waals surface area contributed by atoms with Crippen LogP contribution < -0.4 is 15.2 Å². The number of aromatic amines is 1. The molecular formula is C18H24N4O2. The van der Waals surface area contributed by atoms with Gasteiger partial charge in [-0.15, -0.1) is 0 Å². The first-order valence-corrected chi connectivity index (χ1v) is 8.23. The fourth-order valence-electron chi connectivity index (χ4n) is 3.15. The van der Waals surface area contributed by atoms with Crippen LogP contribution in [0.2, 0.25) is 0 Å². The summed E-state index contributed by atoms with van der Waals surface area (Å²) in [4.78, 5) is 22.8. The topological polar surface area (TPSA) is 61.5 Å². The normalized spacial score (nSPS) is 15.5. The van der Waals surface area contributed by atoms with E-state index in [9.17, 15) is 4.79 Å². The van der Waals surface area contributed by atoms with Crippen molar-refractivity contribution in [1.82, 2.24) is 14.9 Å². The molecule has 1 fully saturated rings. The molecule has 0 atom stereocenters. The van der Waals surface area contributed by atoms with E-state index in [1.54, 1.807) is 13.2 Å². The Kier molecular flexibility index (Phi) is 4.85. The van der Waals surface area contributed by atoms with E-state index in [0.29, 0.717) is 0 Å². The van der Waals surface area contributed by atoms with Gasteiger partial charge in [-0.1, -0.05) is 6.07 Å². The standard InChI is InChI=1S/C18H24N4O2/c1-13-14(2)16(24-3)5-4-15(13)11-21-6-8-22(9-7-21)17-10-18(23)20-12-19-17/h4-5,10,12H,6-9,11H2,1-3H3,(H,19,20,23). The van der Waals surface area contributed by atoms with E-state index in [4.69, 9.17) is 4.74 Å². The number of H-pyrrole nitrogens is 1. The summed E-state index contributed by atoms with van der Waals surface area (Å²) in [6.07, 6.45) is 1.47. The average Bonchev–Trinajstić information content (AvgIpc) is 2.60. The van der Waals surface area contributed by atoms with Gasteiger partial charge in [-0.25, -0.2) is 4.98 Å². The van der Waals surface area contributed by atoms with Crippen LogP contribution in [0.1, 0.15) is 16.7 Å². The van der Waals surface area contributed by atoms with Crippen molar-refractivity contribution < 1.29 is 4.74 Å². The molecule has 24 heavy (non-hydrogen) atoms. The van der Waals surface area contributed by atoms with E-state index < -0.39 is 0 Å². The molecule has 1 saturated heterocycles. The lowest BCUT2D eigenvalue weighted by atomic mass is 10.0. The van der Waals surface area contributed by atoms with E-state index in [2.05, 4.69) is 39.7 Å². The minimum atomic E-state index is -0.105. The average molecular weight is 328 g/mol. The lowest BCUT2D eigenvalue weighted by molar-refractivity contribution is 0.248. The lowest BCUT2D eigenvalue weighted by Gasteiger charge is -2.35. The number of hydrogen-bond acceptors (Lipinski definition) is 5. The van der Waals surface area contributed by atoms with E-state index in [1.807, 2.05) is 6.07 Å². The molecule has 1 aromatic heterocycles. The Morgan fingerprint density at radius 2 is 1.92 bits per heavy atom. The highest BCUT2D eigenvalue weighted by atomic mass is 16.5. The van der Waals surface area contributed by atoms with Crippen molar-refractivity contribution >= 4 is 5.82 Å². The Morgan fingerprint density at radius 3 is 2.58 bits per heavy atom. The number of ether oxygens (including phenoxy) is 1. The molecule has 2 aromatic rings. The minimum absolute atomic E-state index is 0.105. The van der Waals surface area contributed by atoms with Crippen LogP contribution in [0.15, 0.2) is 29.3 Å². The van der Waals surface area contributed by atoms with Crippen molar-refractivity contribution in [3.05, 3.63) is 51.6 Å². The quantitative estimate of drug-likeness (QED) is 0.926. The Morgan fingerprint density at radius 1 is 1.17 bits per heavy atom. The highest BCUT2D eigenvalue weighted by Gasteiger charge is 2.19. The van der Waals surface area contributed by atoms with Gasteiger partial charge < -0.3 is 14.6 Å². The summed E-state index contributed by atoms with van der Waals surface area (Å²) in [6.45, 7) is 8.87. The first-order chi connectivity index (χ1) is 11.6. The van der Waals surface area contributed by atoms with Crippen LogP contribution in [0.3, 0.4) is 0 Å².